The van der Waals surface area contributed by atoms with E-state index < -0.39 is 24.0 Å². The Kier molecular flexibility index (Phi) is 7.42. The minimum absolute atomic E-state index is 0.0846. The molecule has 0 spiro atoms. The average Bonchev–Trinajstić information content (AvgIpc) is 3.61. The molecule has 6 nitrogen and oxygen atoms in total. The van der Waals surface area contributed by atoms with Crippen molar-refractivity contribution in [2.75, 3.05) is 6.54 Å². The van der Waals surface area contributed by atoms with E-state index in [0.717, 1.165) is 42.4 Å². The molecule has 2 saturated heterocycles. The smallest absolute Gasteiger partial charge is 0.328 e. The monoisotopic (exact) mass is 536 g/mol. The highest BCUT2D eigenvalue weighted by atomic mass is 16.4. The van der Waals surface area contributed by atoms with Crippen LogP contribution in [0.15, 0.2) is 91.0 Å². The molecule has 1 saturated carbocycles. The van der Waals surface area contributed by atoms with Gasteiger partial charge >= 0.3 is 5.97 Å². The Balaban J connectivity index is 1.34. The van der Waals surface area contributed by atoms with Crippen molar-refractivity contribution in [1.82, 2.24) is 9.80 Å². The van der Waals surface area contributed by atoms with Crippen LogP contribution in [0.4, 0.5) is 0 Å². The largest absolute Gasteiger partial charge is 0.480 e. The number of hydrogen-bond acceptors (Lipinski definition) is 3. The molecule has 3 aliphatic rings. The third-order valence-electron chi connectivity index (χ3n) is 9.25. The summed E-state index contributed by atoms with van der Waals surface area (Å²) in [6.45, 7) is 0.254. The Morgan fingerprint density at radius 3 is 1.73 bits per heavy atom. The average molecular weight is 537 g/mol. The second-order valence-corrected chi connectivity index (χ2v) is 11.5. The van der Waals surface area contributed by atoms with Crippen LogP contribution in [0.25, 0.3) is 0 Å². The first-order chi connectivity index (χ1) is 19.5. The van der Waals surface area contributed by atoms with Gasteiger partial charge < -0.3 is 14.9 Å². The van der Waals surface area contributed by atoms with Crippen LogP contribution in [0.5, 0.6) is 0 Å². The summed E-state index contributed by atoms with van der Waals surface area (Å²) in [7, 11) is 0. The number of fused-ring (bicyclic) bond motifs is 2. The van der Waals surface area contributed by atoms with Crippen molar-refractivity contribution >= 4 is 17.8 Å². The van der Waals surface area contributed by atoms with Crippen molar-refractivity contribution in [3.63, 3.8) is 0 Å². The van der Waals surface area contributed by atoms with Gasteiger partial charge in [0.15, 0.2) is 0 Å². The minimum atomic E-state index is -1.06. The number of hydrogen-bond donors (Lipinski definition) is 1. The minimum Gasteiger partial charge on any atom is -0.480 e. The number of aliphatic carboxylic acids is 1. The molecule has 3 aromatic carbocycles. The van der Waals surface area contributed by atoms with Crippen LogP contribution in [-0.2, 0) is 14.4 Å². The summed E-state index contributed by atoms with van der Waals surface area (Å²) in [5.74, 6) is -1.89. The molecule has 206 valence electrons. The molecule has 1 aliphatic carbocycles. The van der Waals surface area contributed by atoms with E-state index in [0.29, 0.717) is 12.8 Å². The zero-order valence-corrected chi connectivity index (χ0v) is 22.6. The number of nitrogens with zero attached hydrogens (tertiary/aromatic N) is 2. The Hall–Kier alpha value is -3.93. The standard InChI is InChI=1S/C34H36N2O4/c37-32(29(24-18-10-11-19-24)23-12-4-1-5-13-23)35-22-27-20-21-28(31(35)34(39)40)36(27)33(38)30(25-14-6-2-7-15-25)26-16-8-3-9-17-26/h1-9,12-17,24,27-31H,10-11,18-22H2,(H,39,40)/t27-,28+,29?,31-/m0/s1. The predicted molar refractivity (Wildman–Crippen MR) is 153 cm³/mol. The molecule has 2 heterocycles. The van der Waals surface area contributed by atoms with Gasteiger partial charge in [-0.05, 0) is 48.3 Å². The molecule has 2 bridgehead atoms. The van der Waals surface area contributed by atoms with Gasteiger partial charge in [0.05, 0.1) is 17.9 Å². The van der Waals surface area contributed by atoms with Gasteiger partial charge in [-0.1, -0.05) is 104 Å². The second-order valence-electron chi connectivity index (χ2n) is 11.5. The molecule has 2 amide bonds. The van der Waals surface area contributed by atoms with E-state index in [1.165, 1.54) is 0 Å². The molecule has 6 rings (SSSR count). The van der Waals surface area contributed by atoms with Crippen LogP contribution in [0.3, 0.4) is 0 Å². The van der Waals surface area contributed by atoms with Crippen LogP contribution < -0.4 is 0 Å². The Bertz CT molecular complexity index is 1300. The fourth-order valence-corrected chi connectivity index (χ4v) is 7.48. The first-order valence-electron chi connectivity index (χ1n) is 14.5. The Morgan fingerprint density at radius 1 is 0.675 bits per heavy atom. The van der Waals surface area contributed by atoms with Crippen LogP contribution in [0.1, 0.15) is 67.1 Å². The molecule has 40 heavy (non-hydrogen) atoms. The maximum Gasteiger partial charge on any atom is 0.328 e. The van der Waals surface area contributed by atoms with Crippen LogP contribution >= 0.6 is 0 Å². The van der Waals surface area contributed by atoms with E-state index in [-0.39, 0.29) is 36.2 Å². The lowest BCUT2D eigenvalue weighted by Crippen LogP contribution is -2.66. The fourth-order valence-electron chi connectivity index (χ4n) is 7.48. The van der Waals surface area contributed by atoms with E-state index >= 15 is 0 Å². The lowest BCUT2D eigenvalue weighted by molar-refractivity contribution is -0.162. The van der Waals surface area contributed by atoms with Gasteiger partial charge in [-0.3, -0.25) is 9.59 Å². The van der Waals surface area contributed by atoms with E-state index in [2.05, 4.69) is 0 Å². The maximum atomic E-state index is 14.4. The molecule has 3 fully saturated rings. The van der Waals surface area contributed by atoms with E-state index in [9.17, 15) is 19.5 Å². The zero-order chi connectivity index (χ0) is 27.6. The van der Waals surface area contributed by atoms with Gasteiger partial charge in [-0.2, -0.15) is 0 Å². The summed E-state index contributed by atoms with van der Waals surface area (Å²) < 4.78 is 0. The molecule has 6 heteroatoms. The quantitative estimate of drug-likeness (QED) is 0.436. The molecule has 3 aromatic rings. The highest BCUT2D eigenvalue weighted by molar-refractivity contribution is 5.92. The number of amides is 2. The molecule has 4 atom stereocenters. The van der Waals surface area contributed by atoms with Crippen molar-refractivity contribution in [3.8, 4) is 0 Å². The van der Waals surface area contributed by atoms with Crippen LogP contribution in [-0.4, -0.2) is 57.4 Å². The number of likely N-dealkylation sites (tertiary alicyclic amines) is 1. The third-order valence-corrected chi connectivity index (χ3v) is 9.25. The van der Waals surface area contributed by atoms with Crippen molar-refractivity contribution in [2.24, 2.45) is 5.92 Å². The molecule has 0 radical (unpaired) electrons. The summed E-state index contributed by atoms with van der Waals surface area (Å²) >= 11 is 0. The summed E-state index contributed by atoms with van der Waals surface area (Å²) in [6.07, 6.45) is 5.41. The fraction of sp³-hybridized carbons (Fsp3) is 0.382. The van der Waals surface area contributed by atoms with Crippen LogP contribution in [0, 0.1) is 5.92 Å². The van der Waals surface area contributed by atoms with Gasteiger partial charge in [-0.15, -0.1) is 0 Å². The zero-order valence-electron chi connectivity index (χ0n) is 22.6. The second kappa shape index (κ2) is 11.3. The molecule has 1 unspecified atom stereocenters. The van der Waals surface area contributed by atoms with Gasteiger partial charge in [0.1, 0.15) is 6.04 Å². The molecule has 2 aliphatic heterocycles. The predicted octanol–water partition coefficient (Wildman–Crippen LogP) is 5.45. The molecular formula is C34H36N2O4. The number of carboxylic acid groups (broad SMARTS) is 1. The normalized spacial score (nSPS) is 23.4. The van der Waals surface area contributed by atoms with Gasteiger partial charge in [0.2, 0.25) is 11.8 Å². The molecule has 1 N–H and O–H groups in total. The van der Waals surface area contributed by atoms with E-state index in [1.807, 2.05) is 95.9 Å². The van der Waals surface area contributed by atoms with Gasteiger partial charge in [0, 0.05) is 12.6 Å². The maximum absolute atomic E-state index is 14.4. The van der Waals surface area contributed by atoms with Gasteiger partial charge in [-0.25, -0.2) is 4.79 Å². The highest BCUT2D eigenvalue weighted by Gasteiger charge is 2.54. The summed E-state index contributed by atoms with van der Waals surface area (Å²) in [6, 6.07) is 27.4. The highest BCUT2D eigenvalue weighted by Crippen LogP contribution is 2.43. The Labute approximate surface area is 235 Å². The SMILES string of the molecule is O=C(O)[C@@H]1[C@H]2CC[C@@H](CN1C(=O)C(c1ccccc1)C1CCCC1)N2C(=O)C(c1ccccc1)c1ccccc1. The summed E-state index contributed by atoms with van der Waals surface area (Å²) in [5.41, 5.74) is 2.73. The number of carbonyl (C=O) groups is 3. The summed E-state index contributed by atoms with van der Waals surface area (Å²) in [5, 5.41) is 10.5. The molecule has 0 aromatic heterocycles. The van der Waals surface area contributed by atoms with E-state index in [1.54, 1.807) is 4.90 Å². The lowest BCUT2D eigenvalue weighted by Gasteiger charge is -2.47. The number of benzene rings is 3. The first kappa shape index (κ1) is 26.3. The lowest BCUT2D eigenvalue weighted by atomic mass is 9.82. The number of rotatable bonds is 7. The van der Waals surface area contributed by atoms with Gasteiger partial charge in [0.25, 0.3) is 0 Å². The van der Waals surface area contributed by atoms with Crippen molar-refractivity contribution in [2.45, 2.75) is 68.5 Å². The third kappa shape index (κ3) is 4.80. The van der Waals surface area contributed by atoms with Crippen molar-refractivity contribution < 1.29 is 19.5 Å². The van der Waals surface area contributed by atoms with Crippen molar-refractivity contribution in [1.29, 1.82) is 0 Å². The summed E-state index contributed by atoms with van der Waals surface area (Å²) in [4.78, 5) is 45.0. The number of piperazine rings is 1. The number of carboxylic acids is 1. The topological polar surface area (TPSA) is 77.9 Å². The van der Waals surface area contributed by atoms with E-state index in [4.69, 9.17) is 0 Å². The Morgan fingerprint density at radius 2 is 1.20 bits per heavy atom. The first-order valence-corrected chi connectivity index (χ1v) is 14.5. The number of carbonyl (C=O) groups excluding carboxylic acids is 2. The van der Waals surface area contributed by atoms with Crippen molar-refractivity contribution in [3.05, 3.63) is 108 Å². The molecular weight excluding hydrogens is 500 g/mol. The van der Waals surface area contributed by atoms with Crippen LogP contribution in [0.2, 0.25) is 0 Å².